The van der Waals surface area contributed by atoms with Gasteiger partial charge in [0, 0.05) is 26.3 Å². The third-order valence-corrected chi connectivity index (χ3v) is 5.88. The van der Waals surface area contributed by atoms with E-state index < -0.39 is 40.6 Å². The van der Waals surface area contributed by atoms with E-state index in [1.807, 2.05) is 0 Å². The van der Waals surface area contributed by atoms with E-state index in [0.29, 0.717) is 6.29 Å². The van der Waals surface area contributed by atoms with Crippen molar-refractivity contribution in [2.45, 2.75) is 29.6 Å². The molecular formula is C15H17F3N4O5S. The first-order valence-electron chi connectivity index (χ1n) is 8.11. The Morgan fingerprint density at radius 1 is 1.43 bits per heavy atom. The number of rotatable bonds is 2. The summed E-state index contributed by atoms with van der Waals surface area (Å²) in [4.78, 5) is 36.3. The van der Waals surface area contributed by atoms with Crippen LogP contribution in [0.1, 0.15) is 17.4 Å². The standard InChI is InChI=1S/C15H17F3N4O5S/c1-8(15(16,17)18)19-12(24)13(25)22-5-14(6-22)7-27-11-9(4-23)21(2)3-10(11)28(26)20-14/h3-4,8,20H,5-7H2,1-2H3,(H,19,24). The van der Waals surface area contributed by atoms with Crippen molar-refractivity contribution in [2.75, 3.05) is 19.7 Å². The predicted molar refractivity (Wildman–Crippen MR) is 88.8 cm³/mol. The normalized spacial score (nSPS) is 21.8. The molecule has 0 aliphatic carbocycles. The molecule has 1 fully saturated rings. The topological polar surface area (TPSA) is 110 Å². The number of fused-ring (bicyclic) bond motifs is 1. The fourth-order valence-electron chi connectivity index (χ4n) is 2.96. The number of alkyl halides is 3. The van der Waals surface area contributed by atoms with Gasteiger partial charge >= 0.3 is 18.0 Å². The Morgan fingerprint density at radius 2 is 2.07 bits per heavy atom. The molecule has 1 saturated heterocycles. The van der Waals surface area contributed by atoms with Gasteiger partial charge < -0.3 is 19.5 Å². The minimum atomic E-state index is -4.66. The lowest BCUT2D eigenvalue weighted by molar-refractivity contribution is -0.164. The SMILES string of the molecule is CC(NC(=O)C(=O)N1CC2(COc3c(cn(C)c3C=O)S(=O)N2)C1)C(F)(F)F. The first kappa shape index (κ1) is 20.3. The molecule has 13 heteroatoms. The highest BCUT2D eigenvalue weighted by atomic mass is 32.2. The number of halogens is 3. The van der Waals surface area contributed by atoms with Crippen molar-refractivity contribution >= 4 is 29.1 Å². The molecule has 2 N–H and O–H groups in total. The molecule has 0 bridgehead atoms. The summed E-state index contributed by atoms with van der Waals surface area (Å²) in [5.41, 5.74) is -0.740. The smallest absolute Gasteiger partial charge is 0.408 e. The average molecular weight is 422 g/mol. The maximum absolute atomic E-state index is 12.5. The molecule has 2 atom stereocenters. The van der Waals surface area contributed by atoms with Crippen LogP contribution in [0.15, 0.2) is 11.1 Å². The Labute approximate surface area is 159 Å². The van der Waals surface area contributed by atoms with Crippen molar-refractivity contribution in [1.29, 1.82) is 0 Å². The van der Waals surface area contributed by atoms with E-state index >= 15 is 0 Å². The number of hydrogen-bond donors (Lipinski definition) is 2. The minimum absolute atomic E-state index is 0.0407. The molecule has 28 heavy (non-hydrogen) atoms. The summed E-state index contributed by atoms with van der Waals surface area (Å²) in [6.07, 6.45) is -2.62. The van der Waals surface area contributed by atoms with Gasteiger partial charge in [-0.25, -0.2) is 8.93 Å². The lowest BCUT2D eigenvalue weighted by atomic mass is 9.92. The molecule has 3 heterocycles. The fourth-order valence-corrected chi connectivity index (χ4v) is 4.24. The molecule has 1 aromatic rings. The fraction of sp³-hybridized carbons (Fsp3) is 0.533. The summed E-state index contributed by atoms with van der Waals surface area (Å²) in [6, 6.07) is -2.16. The van der Waals surface area contributed by atoms with Crippen LogP contribution >= 0.6 is 0 Å². The van der Waals surface area contributed by atoms with Crippen LogP contribution in [-0.2, 0) is 27.6 Å². The molecule has 0 aromatic carbocycles. The van der Waals surface area contributed by atoms with Crippen LogP contribution in [0.3, 0.4) is 0 Å². The van der Waals surface area contributed by atoms with Crippen LogP contribution in [0.4, 0.5) is 13.2 Å². The summed E-state index contributed by atoms with van der Waals surface area (Å²) < 4.78 is 60.0. The number of nitrogens with zero attached hydrogens (tertiary/aromatic N) is 2. The van der Waals surface area contributed by atoms with E-state index in [4.69, 9.17) is 4.74 Å². The Hall–Kier alpha value is -2.41. The Balaban J connectivity index is 1.65. The second-order valence-electron chi connectivity index (χ2n) is 6.77. The molecule has 0 saturated carbocycles. The van der Waals surface area contributed by atoms with Crippen molar-refractivity contribution in [3.8, 4) is 5.75 Å². The van der Waals surface area contributed by atoms with E-state index in [1.165, 1.54) is 10.8 Å². The minimum Gasteiger partial charge on any atom is -0.488 e. The van der Waals surface area contributed by atoms with Gasteiger partial charge in [0.15, 0.2) is 12.0 Å². The first-order valence-corrected chi connectivity index (χ1v) is 9.26. The zero-order valence-corrected chi connectivity index (χ0v) is 15.6. The summed E-state index contributed by atoms with van der Waals surface area (Å²) in [5.74, 6) is -2.32. The van der Waals surface area contributed by atoms with E-state index in [9.17, 15) is 31.8 Å². The number of ether oxygens (including phenoxy) is 1. The average Bonchev–Trinajstić information content (AvgIpc) is 2.82. The Kier molecular flexibility index (Phi) is 5.00. The first-order chi connectivity index (χ1) is 13.0. The highest BCUT2D eigenvalue weighted by Crippen LogP contribution is 2.34. The summed E-state index contributed by atoms with van der Waals surface area (Å²) >= 11 is 0. The zero-order valence-electron chi connectivity index (χ0n) is 14.8. The van der Waals surface area contributed by atoms with Gasteiger partial charge in [-0.15, -0.1) is 0 Å². The van der Waals surface area contributed by atoms with E-state index in [0.717, 1.165) is 11.8 Å². The molecule has 2 aliphatic rings. The highest BCUT2D eigenvalue weighted by molar-refractivity contribution is 7.83. The zero-order chi connectivity index (χ0) is 20.9. The monoisotopic (exact) mass is 422 g/mol. The quantitative estimate of drug-likeness (QED) is 0.493. The molecule has 154 valence electrons. The third kappa shape index (κ3) is 3.51. The molecule has 1 aromatic heterocycles. The molecule has 1 spiro atoms. The molecular weight excluding hydrogens is 405 g/mol. The van der Waals surface area contributed by atoms with Crippen molar-refractivity contribution in [3.63, 3.8) is 0 Å². The number of nitrogens with one attached hydrogen (secondary N) is 2. The van der Waals surface area contributed by atoms with Crippen molar-refractivity contribution < 1.29 is 36.5 Å². The number of aryl methyl sites for hydroxylation is 1. The summed E-state index contributed by atoms with van der Waals surface area (Å²) in [5, 5.41) is 1.60. The number of aromatic nitrogens is 1. The molecule has 9 nitrogen and oxygen atoms in total. The van der Waals surface area contributed by atoms with Crippen LogP contribution in [0.5, 0.6) is 5.75 Å². The lowest BCUT2D eigenvalue weighted by Crippen LogP contribution is -2.73. The van der Waals surface area contributed by atoms with Crippen LogP contribution < -0.4 is 14.8 Å². The number of amides is 2. The second-order valence-corrected chi connectivity index (χ2v) is 7.96. The number of carbonyl (C=O) groups is 3. The van der Waals surface area contributed by atoms with E-state index in [1.54, 1.807) is 12.4 Å². The third-order valence-electron chi connectivity index (χ3n) is 4.57. The number of carbonyl (C=O) groups excluding carboxylic acids is 3. The van der Waals surface area contributed by atoms with Crippen molar-refractivity contribution in [3.05, 3.63) is 11.9 Å². The Morgan fingerprint density at radius 3 is 2.64 bits per heavy atom. The molecule has 2 unspecified atom stereocenters. The number of likely N-dealkylation sites (tertiary alicyclic amines) is 1. The van der Waals surface area contributed by atoms with Gasteiger partial charge in [0.25, 0.3) is 0 Å². The number of hydrogen-bond acceptors (Lipinski definition) is 5. The summed E-state index contributed by atoms with van der Waals surface area (Å²) in [7, 11) is -0.147. The van der Waals surface area contributed by atoms with Crippen LogP contribution in [-0.4, -0.2) is 69.2 Å². The van der Waals surface area contributed by atoms with Crippen LogP contribution in [0, 0.1) is 0 Å². The van der Waals surface area contributed by atoms with Gasteiger partial charge in [0.1, 0.15) is 34.2 Å². The van der Waals surface area contributed by atoms with E-state index in [2.05, 4.69) is 4.72 Å². The lowest BCUT2D eigenvalue weighted by Gasteiger charge is -2.48. The van der Waals surface area contributed by atoms with Gasteiger partial charge in [-0.2, -0.15) is 13.2 Å². The highest BCUT2D eigenvalue weighted by Gasteiger charge is 2.51. The predicted octanol–water partition coefficient (Wildman–Crippen LogP) is -0.510. The van der Waals surface area contributed by atoms with Gasteiger partial charge in [-0.3, -0.25) is 14.4 Å². The van der Waals surface area contributed by atoms with Crippen molar-refractivity contribution in [2.24, 2.45) is 7.05 Å². The molecule has 3 rings (SSSR count). The van der Waals surface area contributed by atoms with Gasteiger partial charge in [0.05, 0.1) is 5.54 Å². The number of aldehydes is 1. The maximum atomic E-state index is 12.5. The van der Waals surface area contributed by atoms with Gasteiger partial charge in [0.2, 0.25) is 0 Å². The maximum Gasteiger partial charge on any atom is 0.408 e. The Bertz CT molecular complexity index is 863. The molecule has 2 aliphatic heterocycles. The largest absolute Gasteiger partial charge is 0.488 e. The van der Waals surface area contributed by atoms with Crippen molar-refractivity contribution in [1.82, 2.24) is 19.5 Å². The van der Waals surface area contributed by atoms with Crippen LogP contribution in [0.2, 0.25) is 0 Å². The molecule has 2 amide bonds. The van der Waals surface area contributed by atoms with Gasteiger partial charge in [-0.1, -0.05) is 0 Å². The van der Waals surface area contributed by atoms with Gasteiger partial charge in [-0.05, 0) is 6.92 Å². The second kappa shape index (κ2) is 6.88. The van der Waals surface area contributed by atoms with Crippen LogP contribution in [0.25, 0.3) is 0 Å². The summed E-state index contributed by atoms with van der Waals surface area (Å²) in [6.45, 7) is 0.520. The van der Waals surface area contributed by atoms with E-state index in [-0.39, 0.29) is 36.0 Å². The molecule has 0 radical (unpaired) electrons.